The van der Waals surface area contributed by atoms with E-state index in [0.29, 0.717) is 13.0 Å². The molecule has 1 atom stereocenters. The SMILES string of the molecule is CCC(CNC(=O)N(C)Cc1ccccc1C)C(=O)O. The molecule has 1 aromatic rings. The number of nitrogens with zero attached hydrogens (tertiary/aromatic N) is 1. The summed E-state index contributed by atoms with van der Waals surface area (Å²) in [7, 11) is 1.70. The van der Waals surface area contributed by atoms with Gasteiger partial charge in [0.25, 0.3) is 0 Å². The molecule has 1 unspecified atom stereocenters. The van der Waals surface area contributed by atoms with Crippen molar-refractivity contribution in [2.75, 3.05) is 13.6 Å². The molecule has 110 valence electrons. The van der Waals surface area contributed by atoms with Crippen molar-refractivity contribution in [1.82, 2.24) is 10.2 Å². The molecular weight excluding hydrogens is 256 g/mol. The number of hydrogen-bond donors (Lipinski definition) is 2. The van der Waals surface area contributed by atoms with Crippen LogP contribution in [-0.4, -0.2) is 35.6 Å². The van der Waals surface area contributed by atoms with Crippen molar-refractivity contribution in [3.8, 4) is 0 Å². The van der Waals surface area contributed by atoms with Crippen LogP contribution in [0.25, 0.3) is 0 Å². The Morgan fingerprint density at radius 3 is 2.55 bits per heavy atom. The predicted molar refractivity (Wildman–Crippen MR) is 77.5 cm³/mol. The Morgan fingerprint density at radius 2 is 2.00 bits per heavy atom. The molecule has 0 aromatic heterocycles. The number of urea groups is 1. The zero-order valence-electron chi connectivity index (χ0n) is 12.2. The number of aryl methyl sites for hydroxylation is 1. The summed E-state index contributed by atoms with van der Waals surface area (Å²) in [6, 6.07) is 7.61. The number of hydrogen-bond acceptors (Lipinski definition) is 2. The van der Waals surface area contributed by atoms with Crippen molar-refractivity contribution in [2.45, 2.75) is 26.8 Å². The van der Waals surface area contributed by atoms with Crippen LogP contribution in [-0.2, 0) is 11.3 Å². The third-order valence-electron chi connectivity index (χ3n) is 3.36. The maximum atomic E-state index is 11.9. The van der Waals surface area contributed by atoms with Gasteiger partial charge in [-0.15, -0.1) is 0 Å². The number of nitrogens with one attached hydrogen (secondary N) is 1. The number of carboxylic acid groups (broad SMARTS) is 1. The summed E-state index contributed by atoms with van der Waals surface area (Å²) in [4.78, 5) is 24.4. The summed E-state index contributed by atoms with van der Waals surface area (Å²) in [5, 5.41) is 11.6. The summed E-state index contributed by atoms with van der Waals surface area (Å²) in [6.45, 7) is 4.45. The molecule has 0 saturated heterocycles. The molecule has 0 aliphatic heterocycles. The number of benzene rings is 1. The monoisotopic (exact) mass is 278 g/mol. The molecule has 0 saturated carbocycles. The zero-order chi connectivity index (χ0) is 15.1. The fraction of sp³-hybridized carbons (Fsp3) is 0.467. The molecule has 0 spiro atoms. The summed E-state index contributed by atoms with van der Waals surface area (Å²) < 4.78 is 0. The maximum Gasteiger partial charge on any atom is 0.317 e. The molecule has 0 radical (unpaired) electrons. The first-order chi connectivity index (χ1) is 9.45. The second-order valence-corrected chi connectivity index (χ2v) is 4.91. The maximum absolute atomic E-state index is 11.9. The minimum atomic E-state index is -0.880. The van der Waals surface area contributed by atoms with E-state index in [1.807, 2.05) is 31.2 Å². The Morgan fingerprint density at radius 1 is 1.35 bits per heavy atom. The van der Waals surface area contributed by atoms with Crippen molar-refractivity contribution in [3.05, 3.63) is 35.4 Å². The Labute approximate surface area is 119 Å². The zero-order valence-corrected chi connectivity index (χ0v) is 12.2. The first kappa shape index (κ1) is 16.0. The van der Waals surface area contributed by atoms with Crippen LogP contribution in [0.3, 0.4) is 0 Å². The normalized spacial score (nSPS) is 11.8. The molecule has 0 bridgehead atoms. The van der Waals surface area contributed by atoms with Crippen molar-refractivity contribution in [3.63, 3.8) is 0 Å². The van der Waals surface area contributed by atoms with Crippen LogP contribution in [0.1, 0.15) is 24.5 Å². The molecule has 0 fully saturated rings. The molecule has 20 heavy (non-hydrogen) atoms. The molecular formula is C15H22N2O3. The first-order valence-electron chi connectivity index (χ1n) is 6.72. The van der Waals surface area contributed by atoms with Gasteiger partial charge in [0.1, 0.15) is 0 Å². The summed E-state index contributed by atoms with van der Waals surface area (Å²) in [5.41, 5.74) is 2.21. The second-order valence-electron chi connectivity index (χ2n) is 4.91. The van der Waals surface area contributed by atoms with Crippen LogP contribution in [0.5, 0.6) is 0 Å². The van der Waals surface area contributed by atoms with Gasteiger partial charge in [-0.1, -0.05) is 31.2 Å². The molecule has 1 rings (SSSR count). The second kappa shape index (κ2) is 7.53. The highest BCUT2D eigenvalue weighted by molar-refractivity contribution is 5.75. The number of aliphatic carboxylic acids is 1. The molecule has 0 heterocycles. The van der Waals surface area contributed by atoms with E-state index >= 15 is 0 Å². The molecule has 2 N–H and O–H groups in total. The lowest BCUT2D eigenvalue weighted by molar-refractivity contribution is -0.141. The van der Waals surface area contributed by atoms with E-state index in [9.17, 15) is 9.59 Å². The van der Waals surface area contributed by atoms with Crippen molar-refractivity contribution in [1.29, 1.82) is 0 Å². The van der Waals surface area contributed by atoms with E-state index in [0.717, 1.165) is 11.1 Å². The molecule has 5 nitrogen and oxygen atoms in total. The van der Waals surface area contributed by atoms with Gasteiger partial charge in [0.05, 0.1) is 5.92 Å². The summed E-state index contributed by atoms with van der Waals surface area (Å²) >= 11 is 0. The van der Waals surface area contributed by atoms with Gasteiger partial charge in [-0.05, 0) is 24.5 Å². The average molecular weight is 278 g/mol. The number of rotatable bonds is 6. The third kappa shape index (κ3) is 4.57. The lowest BCUT2D eigenvalue weighted by atomic mass is 10.1. The van der Waals surface area contributed by atoms with E-state index in [1.165, 1.54) is 0 Å². The van der Waals surface area contributed by atoms with E-state index in [4.69, 9.17) is 5.11 Å². The Hall–Kier alpha value is -2.04. The minimum Gasteiger partial charge on any atom is -0.481 e. The van der Waals surface area contributed by atoms with Crippen molar-refractivity contribution in [2.24, 2.45) is 5.92 Å². The fourth-order valence-corrected chi connectivity index (χ4v) is 1.87. The van der Waals surface area contributed by atoms with Crippen LogP contribution in [0.4, 0.5) is 4.79 Å². The van der Waals surface area contributed by atoms with Gasteiger partial charge < -0.3 is 15.3 Å². The third-order valence-corrected chi connectivity index (χ3v) is 3.36. The predicted octanol–water partition coefficient (Wildman–Crippen LogP) is 2.25. The van der Waals surface area contributed by atoms with Gasteiger partial charge in [-0.2, -0.15) is 0 Å². The van der Waals surface area contributed by atoms with Gasteiger partial charge in [0, 0.05) is 20.1 Å². The van der Waals surface area contributed by atoms with Gasteiger partial charge in [-0.25, -0.2) is 4.79 Å². The quantitative estimate of drug-likeness (QED) is 0.838. The number of amides is 2. The molecule has 0 aliphatic rings. The standard InChI is InChI=1S/C15H22N2O3/c1-4-12(14(18)19)9-16-15(20)17(3)10-13-8-6-5-7-11(13)2/h5-8,12H,4,9-10H2,1-3H3,(H,16,20)(H,18,19). The van der Waals surface area contributed by atoms with Crippen LogP contribution in [0.15, 0.2) is 24.3 Å². The number of carbonyl (C=O) groups excluding carboxylic acids is 1. The molecule has 0 aliphatic carbocycles. The largest absolute Gasteiger partial charge is 0.481 e. The summed E-state index contributed by atoms with van der Waals surface area (Å²) in [6.07, 6.45) is 0.497. The topological polar surface area (TPSA) is 69.6 Å². The highest BCUT2D eigenvalue weighted by Gasteiger charge is 2.17. The van der Waals surface area contributed by atoms with Crippen LogP contribution in [0, 0.1) is 12.8 Å². The highest BCUT2D eigenvalue weighted by Crippen LogP contribution is 2.09. The van der Waals surface area contributed by atoms with E-state index < -0.39 is 11.9 Å². The van der Waals surface area contributed by atoms with Crippen molar-refractivity contribution < 1.29 is 14.7 Å². The van der Waals surface area contributed by atoms with Gasteiger partial charge >= 0.3 is 12.0 Å². The lowest BCUT2D eigenvalue weighted by Gasteiger charge is -2.20. The lowest BCUT2D eigenvalue weighted by Crippen LogP contribution is -2.40. The fourth-order valence-electron chi connectivity index (χ4n) is 1.87. The van der Waals surface area contributed by atoms with Crippen LogP contribution < -0.4 is 5.32 Å². The Kier molecular flexibility index (Phi) is 6.03. The molecule has 1 aromatic carbocycles. The average Bonchev–Trinajstić information content (AvgIpc) is 2.41. The van der Waals surface area contributed by atoms with Crippen LogP contribution >= 0.6 is 0 Å². The highest BCUT2D eigenvalue weighted by atomic mass is 16.4. The Balaban J connectivity index is 2.51. The smallest absolute Gasteiger partial charge is 0.317 e. The van der Waals surface area contributed by atoms with Gasteiger partial charge in [-0.3, -0.25) is 4.79 Å². The van der Waals surface area contributed by atoms with Crippen molar-refractivity contribution >= 4 is 12.0 Å². The van der Waals surface area contributed by atoms with E-state index in [1.54, 1.807) is 18.9 Å². The van der Waals surface area contributed by atoms with Gasteiger partial charge in [0.2, 0.25) is 0 Å². The molecule has 2 amide bonds. The van der Waals surface area contributed by atoms with Crippen LogP contribution in [0.2, 0.25) is 0 Å². The van der Waals surface area contributed by atoms with E-state index in [2.05, 4.69) is 5.32 Å². The molecule has 5 heteroatoms. The first-order valence-corrected chi connectivity index (χ1v) is 6.72. The van der Waals surface area contributed by atoms with Gasteiger partial charge in [0.15, 0.2) is 0 Å². The number of carbonyl (C=O) groups is 2. The van der Waals surface area contributed by atoms with E-state index in [-0.39, 0.29) is 12.6 Å². The Bertz CT molecular complexity index is 474. The number of carboxylic acids is 1. The minimum absolute atomic E-state index is 0.156. The summed E-state index contributed by atoms with van der Waals surface area (Å²) in [5.74, 6) is -1.42.